The first-order valence-electron chi connectivity index (χ1n) is 24.4. The SMILES string of the molecule is c1ccc(-c2ccc(-c3cc(-c4ccc(-c5cc(-c6ccccc6)cc(-c6cccc7c6-c6ccccc6C7(c6ccccc6)c6ccccc6)c5)c5ccccc45)nc(-c4ccccc4)n3)cc2)cc1. The normalized spacial score (nSPS) is 12.3. The van der Waals surface area contributed by atoms with E-state index in [1.807, 2.05) is 18.2 Å². The Morgan fingerprint density at radius 3 is 1.32 bits per heavy atom. The van der Waals surface area contributed by atoms with E-state index in [-0.39, 0.29) is 0 Å². The van der Waals surface area contributed by atoms with Crippen LogP contribution in [0.3, 0.4) is 0 Å². The van der Waals surface area contributed by atoms with Crippen LogP contribution in [0.25, 0.3) is 100 Å². The molecule has 0 unspecified atom stereocenters. The third kappa shape index (κ3) is 7.28. The fourth-order valence-corrected chi connectivity index (χ4v) is 11.2. The fourth-order valence-electron chi connectivity index (χ4n) is 11.2. The lowest BCUT2D eigenvalue weighted by molar-refractivity contribution is 0.768. The number of hydrogen-bond acceptors (Lipinski definition) is 2. The van der Waals surface area contributed by atoms with Crippen molar-refractivity contribution < 1.29 is 0 Å². The molecular weight excluding hydrogens is 857 g/mol. The van der Waals surface area contributed by atoms with E-state index in [0.717, 1.165) is 50.0 Å². The molecule has 2 heteroatoms. The average Bonchev–Trinajstić information content (AvgIpc) is 3.77. The molecule has 13 rings (SSSR count). The van der Waals surface area contributed by atoms with Gasteiger partial charge in [-0.1, -0.05) is 255 Å². The second kappa shape index (κ2) is 17.7. The average molecular weight is 903 g/mol. The van der Waals surface area contributed by atoms with E-state index in [9.17, 15) is 0 Å². The smallest absolute Gasteiger partial charge is 0.160 e. The van der Waals surface area contributed by atoms with E-state index in [1.165, 1.54) is 66.8 Å². The molecule has 12 aromatic rings. The maximum atomic E-state index is 5.32. The third-order valence-electron chi connectivity index (χ3n) is 14.4. The predicted octanol–water partition coefficient (Wildman–Crippen LogP) is 17.7. The number of benzene rings is 11. The zero-order valence-corrected chi connectivity index (χ0v) is 39.0. The molecule has 0 fully saturated rings. The van der Waals surface area contributed by atoms with E-state index < -0.39 is 5.41 Å². The van der Waals surface area contributed by atoms with Gasteiger partial charge < -0.3 is 0 Å². The lowest BCUT2D eigenvalue weighted by atomic mass is 9.67. The minimum atomic E-state index is -0.497. The standard InChI is InChI=1S/C69H46N2/c1-6-21-47(22-7-1)49-37-39-50(40-38-49)65-46-66(71-68(70-65)51-25-10-3-11-26-51)61-42-41-57(59-31-16-17-32-60(59)61)53-43-52(48-23-8-2-9-24-48)44-54(45-53)58-34-20-36-64-67(58)62-33-18-19-35-63(62)69(64,55-27-12-4-13-28-55)56-29-14-5-15-30-56/h1-46H. The van der Waals surface area contributed by atoms with Gasteiger partial charge in [0, 0.05) is 16.7 Å². The van der Waals surface area contributed by atoms with Gasteiger partial charge in [0.15, 0.2) is 5.82 Å². The van der Waals surface area contributed by atoms with Gasteiger partial charge in [-0.25, -0.2) is 9.97 Å². The number of nitrogens with zero attached hydrogens (tertiary/aromatic N) is 2. The van der Waals surface area contributed by atoms with Gasteiger partial charge in [0.25, 0.3) is 0 Å². The number of fused-ring (bicyclic) bond motifs is 4. The van der Waals surface area contributed by atoms with Crippen molar-refractivity contribution >= 4 is 10.8 Å². The third-order valence-corrected chi connectivity index (χ3v) is 14.4. The molecule has 2 nitrogen and oxygen atoms in total. The van der Waals surface area contributed by atoms with E-state index in [2.05, 4.69) is 261 Å². The van der Waals surface area contributed by atoms with Crippen LogP contribution < -0.4 is 0 Å². The Balaban J connectivity index is 0.996. The largest absolute Gasteiger partial charge is 0.228 e. The Kier molecular flexibility index (Phi) is 10.4. The van der Waals surface area contributed by atoms with Crippen LogP contribution in [-0.2, 0) is 5.41 Å². The fraction of sp³-hybridized carbons (Fsp3) is 0.0145. The van der Waals surface area contributed by atoms with Crippen molar-refractivity contribution in [3.63, 3.8) is 0 Å². The first-order chi connectivity index (χ1) is 35.2. The number of hydrogen-bond donors (Lipinski definition) is 0. The molecule has 0 amide bonds. The molecule has 1 aliphatic rings. The summed E-state index contributed by atoms with van der Waals surface area (Å²) in [6.45, 7) is 0. The maximum absolute atomic E-state index is 5.32. The minimum Gasteiger partial charge on any atom is -0.228 e. The van der Waals surface area contributed by atoms with Crippen LogP contribution in [0.5, 0.6) is 0 Å². The minimum absolute atomic E-state index is 0.497. The maximum Gasteiger partial charge on any atom is 0.160 e. The zero-order chi connectivity index (χ0) is 47.1. The summed E-state index contributed by atoms with van der Waals surface area (Å²) < 4.78 is 0. The monoisotopic (exact) mass is 902 g/mol. The molecule has 0 bridgehead atoms. The van der Waals surface area contributed by atoms with Gasteiger partial charge in [-0.05, 0) is 113 Å². The van der Waals surface area contributed by atoms with Crippen LogP contribution in [0, 0.1) is 0 Å². The van der Waals surface area contributed by atoms with Crippen LogP contribution in [0.1, 0.15) is 22.3 Å². The van der Waals surface area contributed by atoms with Crippen LogP contribution in [0.2, 0.25) is 0 Å². The molecule has 71 heavy (non-hydrogen) atoms. The summed E-state index contributed by atoms with van der Waals surface area (Å²) in [5, 5.41) is 2.29. The van der Waals surface area contributed by atoms with E-state index >= 15 is 0 Å². The quantitative estimate of drug-likeness (QED) is 0.144. The summed E-state index contributed by atoms with van der Waals surface area (Å²) in [5.74, 6) is 0.694. The Morgan fingerprint density at radius 2 is 0.676 bits per heavy atom. The van der Waals surface area contributed by atoms with Crippen molar-refractivity contribution in [3.8, 4) is 89.5 Å². The highest BCUT2D eigenvalue weighted by molar-refractivity contribution is 6.06. The Bertz CT molecular complexity index is 3850. The van der Waals surface area contributed by atoms with E-state index in [1.54, 1.807) is 0 Å². The van der Waals surface area contributed by atoms with Crippen LogP contribution in [0.4, 0.5) is 0 Å². The van der Waals surface area contributed by atoms with Gasteiger partial charge in [-0.3, -0.25) is 0 Å². The summed E-state index contributed by atoms with van der Waals surface area (Å²) in [5.41, 5.74) is 21.4. The van der Waals surface area contributed by atoms with Gasteiger partial charge >= 0.3 is 0 Å². The lowest BCUT2D eigenvalue weighted by Gasteiger charge is -2.34. The predicted molar refractivity (Wildman–Crippen MR) is 295 cm³/mol. The van der Waals surface area contributed by atoms with Gasteiger partial charge in [0.2, 0.25) is 0 Å². The molecule has 11 aromatic carbocycles. The zero-order valence-electron chi connectivity index (χ0n) is 39.0. The lowest BCUT2D eigenvalue weighted by Crippen LogP contribution is -2.28. The number of aromatic nitrogens is 2. The second-order valence-electron chi connectivity index (χ2n) is 18.4. The van der Waals surface area contributed by atoms with Gasteiger partial charge in [-0.15, -0.1) is 0 Å². The number of rotatable bonds is 9. The molecular formula is C69H46N2. The van der Waals surface area contributed by atoms with Crippen molar-refractivity contribution in [2.45, 2.75) is 5.41 Å². The molecule has 0 saturated heterocycles. The van der Waals surface area contributed by atoms with Crippen molar-refractivity contribution in [3.05, 3.63) is 301 Å². The first-order valence-corrected chi connectivity index (χ1v) is 24.4. The van der Waals surface area contributed by atoms with Gasteiger partial charge in [-0.2, -0.15) is 0 Å². The Morgan fingerprint density at radius 1 is 0.239 bits per heavy atom. The van der Waals surface area contributed by atoms with Gasteiger partial charge in [0.1, 0.15) is 0 Å². The van der Waals surface area contributed by atoms with Crippen LogP contribution in [-0.4, -0.2) is 9.97 Å². The molecule has 0 spiro atoms. The molecule has 0 N–H and O–H groups in total. The highest BCUT2D eigenvalue weighted by Gasteiger charge is 2.46. The van der Waals surface area contributed by atoms with E-state index in [4.69, 9.17) is 9.97 Å². The summed E-state index contributed by atoms with van der Waals surface area (Å²) in [6.07, 6.45) is 0. The van der Waals surface area contributed by atoms with Crippen molar-refractivity contribution in [1.29, 1.82) is 0 Å². The highest BCUT2D eigenvalue weighted by atomic mass is 14.9. The summed E-state index contributed by atoms with van der Waals surface area (Å²) in [6, 6.07) is 101. The molecule has 1 aliphatic carbocycles. The summed E-state index contributed by atoms with van der Waals surface area (Å²) in [7, 11) is 0. The Hall–Kier alpha value is -9.24. The summed E-state index contributed by atoms with van der Waals surface area (Å²) in [4.78, 5) is 10.5. The van der Waals surface area contributed by atoms with Crippen LogP contribution in [0.15, 0.2) is 279 Å². The van der Waals surface area contributed by atoms with Crippen molar-refractivity contribution in [1.82, 2.24) is 9.97 Å². The molecule has 0 saturated carbocycles. The molecule has 0 aliphatic heterocycles. The molecule has 0 atom stereocenters. The molecule has 1 aromatic heterocycles. The second-order valence-corrected chi connectivity index (χ2v) is 18.4. The van der Waals surface area contributed by atoms with Gasteiger partial charge in [0.05, 0.1) is 16.8 Å². The first kappa shape index (κ1) is 41.9. The highest BCUT2D eigenvalue weighted by Crippen LogP contribution is 2.58. The topological polar surface area (TPSA) is 25.8 Å². The molecule has 1 heterocycles. The van der Waals surface area contributed by atoms with E-state index in [0.29, 0.717) is 5.82 Å². The summed E-state index contributed by atoms with van der Waals surface area (Å²) >= 11 is 0. The molecule has 332 valence electrons. The molecule has 0 radical (unpaired) electrons. The van der Waals surface area contributed by atoms with Crippen LogP contribution >= 0.6 is 0 Å². The van der Waals surface area contributed by atoms with Crippen molar-refractivity contribution in [2.24, 2.45) is 0 Å². The van der Waals surface area contributed by atoms with Crippen molar-refractivity contribution in [2.75, 3.05) is 0 Å². The Labute approximate surface area is 414 Å².